The SMILES string of the molecule is CCC(C)(O[SiH](C)C)[SiH2]C. The lowest BCUT2D eigenvalue weighted by Gasteiger charge is -2.29. The molecule has 0 aromatic rings. The molecule has 0 radical (unpaired) electrons. The first-order valence-electron chi connectivity index (χ1n) is 4.22. The summed E-state index contributed by atoms with van der Waals surface area (Å²) in [5.41, 5.74) is 0. The van der Waals surface area contributed by atoms with Gasteiger partial charge in [-0.3, -0.25) is 0 Å². The first-order valence-corrected chi connectivity index (χ1v) is 9.12. The van der Waals surface area contributed by atoms with E-state index in [1.807, 2.05) is 0 Å². The van der Waals surface area contributed by atoms with Crippen LogP contribution in [0.4, 0.5) is 0 Å². The summed E-state index contributed by atoms with van der Waals surface area (Å²) in [6, 6.07) is 0. The van der Waals surface area contributed by atoms with Crippen molar-refractivity contribution in [2.45, 2.75) is 45.1 Å². The van der Waals surface area contributed by atoms with Crippen LogP contribution in [0.5, 0.6) is 0 Å². The number of hydrogen-bond acceptors (Lipinski definition) is 1. The highest BCUT2D eigenvalue weighted by atomic mass is 28.3. The van der Waals surface area contributed by atoms with E-state index in [0.717, 1.165) is 0 Å². The van der Waals surface area contributed by atoms with Crippen LogP contribution in [-0.2, 0) is 4.43 Å². The predicted octanol–water partition coefficient (Wildman–Crippen LogP) is 1.33. The molecule has 0 aromatic heterocycles. The fourth-order valence-corrected chi connectivity index (χ4v) is 4.46. The van der Waals surface area contributed by atoms with Crippen LogP contribution in [0.15, 0.2) is 0 Å². The van der Waals surface area contributed by atoms with E-state index in [1.165, 1.54) is 6.42 Å². The summed E-state index contributed by atoms with van der Waals surface area (Å²) in [5, 5.41) is 0.306. The summed E-state index contributed by atoms with van der Waals surface area (Å²) in [6.45, 7) is 11.3. The topological polar surface area (TPSA) is 9.23 Å². The minimum absolute atomic E-state index is 0.00120. The Morgan fingerprint density at radius 2 is 2.00 bits per heavy atom. The predicted molar refractivity (Wildman–Crippen MR) is 53.1 cm³/mol. The molecule has 0 rings (SSSR count). The zero-order chi connectivity index (χ0) is 8.20. The molecule has 0 aliphatic heterocycles. The van der Waals surface area contributed by atoms with Crippen LogP contribution >= 0.6 is 0 Å². The molecule has 0 saturated heterocycles. The highest BCUT2D eigenvalue weighted by Gasteiger charge is 2.21. The van der Waals surface area contributed by atoms with Gasteiger partial charge in [-0.1, -0.05) is 13.5 Å². The highest BCUT2D eigenvalue weighted by Crippen LogP contribution is 2.14. The van der Waals surface area contributed by atoms with Crippen molar-refractivity contribution in [3.05, 3.63) is 0 Å². The van der Waals surface area contributed by atoms with Crippen molar-refractivity contribution in [3.63, 3.8) is 0 Å². The lowest BCUT2D eigenvalue weighted by Crippen LogP contribution is -2.37. The van der Waals surface area contributed by atoms with Gasteiger partial charge in [0.25, 0.3) is 0 Å². The zero-order valence-corrected chi connectivity index (χ0v) is 10.5. The molecule has 0 aliphatic carbocycles. The first kappa shape index (κ1) is 10.4. The molecular weight excluding hydrogens is 156 g/mol. The van der Waals surface area contributed by atoms with Crippen LogP contribution in [0.25, 0.3) is 0 Å². The van der Waals surface area contributed by atoms with Crippen molar-refractivity contribution in [1.82, 2.24) is 0 Å². The Kier molecular flexibility index (Phi) is 4.48. The second-order valence-electron chi connectivity index (χ2n) is 3.32. The molecule has 0 aliphatic rings. The molecule has 0 amide bonds. The summed E-state index contributed by atoms with van der Waals surface area (Å²) < 4.78 is 5.94. The largest absolute Gasteiger partial charge is 0.419 e. The molecule has 62 valence electrons. The first-order chi connectivity index (χ1) is 4.54. The van der Waals surface area contributed by atoms with Crippen molar-refractivity contribution >= 4 is 18.6 Å². The molecule has 0 bridgehead atoms. The third-order valence-electron chi connectivity index (χ3n) is 2.02. The van der Waals surface area contributed by atoms with E-state index in [9.17, 15) is 0 Å². The van der Waals surface area contributed by atoms with Gasteiger partial charge < -0.3 is 4.43 Å². The average molecular weight is 176 g/mol. The van der Waals surface area contributed by atoms with E-state index in [2.05, 4.69) is 33.5 Å². The molecule has 10 heavy (non-hydrogen) atoms. The van der Waals surface area contributed by atoms with Crippen molar-refractivity contribution in [2.24, 2.45) is 0 Å². The second kappa shape index (κ2) is 4.31. The summed E-state index contributed by atoms with van der Waals surface area (Å²) in [6.07, 6.45) is 1.20. The van der Waals surface area contributed by atoms with Gasteiger partial charge in [0, 0.05) is 5.22 Å². The van der Waals surface area contributed by atoms with Crippen LogP contribution in [0, 0.1) is 0 Å². The van der Waals surface area contributed by atoms with Crippen LogP contribution < -0.4 is 0 Å². The molecular formula is C7H20OSi2. The average Bonchev–Trinajstić information content (AvgIpc) is 1.87. The molecule has 0 saturated carbocycles. The van der Waals surface area contributed by atoms with Crippen LogP contribution in [-0.4, -0.2) is 23.8 Å². The quantitative estimate of drug-likeness (QED) is 0.587. The third kappa shape index (κ3) is 3.53. The second-order valence-corrected chi connectivity index (χ2v) is 7.86. The zero-order valence-electron chi connectivity index (χ0n) is 7.90. The van der Waals surface area contributed by atoms with Crippen LogP contribution in [0.2, 0.25) is 19.6 Å². The standard InChI is InChI=1S/C7H20OSi2/c1-6-7(2,9-3)8-10(4)5/h10H,6,9H2,1-5H3. The highest BCUT2D eigenvalue weighted by molar-refractivity contribution is 6.50. The van der Waals surface area contributed by atoms with Gasteiger partial charge in [0.15, 0.2) is 9.04 Å². The molecule has 1 nitrogen and oxygen atoms in total. The van der Waals surface area contributed by atoms with Gasteiger partial charge in [-0.05, 0) is 26.4 Å². The lowest BCUT2D eigenvalue weighted by molar-refractivity contribution is 0.171. The van der Waals surface area contributed by atoms with Crippen LogP contribution in [0.1, 0.15) is 20.3 Å². The van der Waals surface area contributed by atoms with Crippen molar-refractivity contribution in [1.29, 1.82) is 0 Å². The third-order valence-corrected chi connectivity index (χ3v) is 5.55. The minimum atomic E-state index is -0.796. The van der Waals surface area contributed by atoms with Crippen molar-refractivity contribution < 1.29 is 4.43 Å². The van der Waals surface area contributed by atoms with Gasteiger partial charge in [0.05, 0.1) is 9.52 Å². The molecule has 0 fully saturated rings. The number of hydrogen-bond donors (Lipinski definition) is 0. The van der Waals surface area contributed by atoms with Gasteiger partial charge >= 0.3 is 0 Å². The Morgan fingerprint density at radius 1 is 1.50 bits per heavy atom. The lowest BCUT2D eigenvalue weighted by atomic mass is 10.3. The van der Waals surface area contributed by atoms with Crippen molar-refractivity contribution in [2.75, 3.05) is 0 Å². The normalized spacial score (nSPS) is 18.6. The van der Waals surface area contributed by atoms with E-state index in [4.69, 9.17) is 4.43 Å². The van der Waals surface area contributed by atoms with Gasteiger partial charge in [-0.2, -0.15) is 0 Å². The van der Waals surface area contributed by atoms with Crippen molar-refractivity contribution in [3.8, 4) is 0 Å². The maximum Gasteiger partial charge on any atom is 0.171 e. The summed E-state index contributed by atoms with van der Waals surface area (Å²) in [4.78, 5) is 0. The van der Waals surface area contributed by atoms with Gasteiger partial charge in [0.2, 0.25) is 0 Å². The maximum atomic E-state index is 5.94. The fraction of sp³-hybridized carbons (Fsp3) is 1.00. The Balaban J connectivity index is 3.80. The van der Waals surface area contributed by atoms with E-state index < -0.39 is 9.04 Å². The fourth-order valence-electron chi connectivity index (χ4n) is 0.986. The monoisotopic (exact) mass is 176 g/mol. The van der Waals surface area contributed by atoms with E-state index in [1.54, 1.807) is 0 Å². The number of rotatable bonds is 4. The van der Waals surface area contributed by atoms with Crippen LogP contribution in [0.3, 0.4) is 0 Å². The van der Waals surface area contributed by atoms with Gasteiger partial charge in [-0.25, -0.2) is 0 Å². The minimum Gasteiger partial charge on any atom is -0.419 e. The van der Waals surface area contributed by atoms with E-state index in [0.29, 0.717) is 5.22 Å². The smallest absolute Gasteiger partial charge is 0.171 e. The van der Waals surface area contributed by atoms with E-state index in [-0.39, 0.29) is 9.52 Å². The Hall–Kier alpha value is 0.394. The molecule has 0 N–H and O–H groups in total. The van der Waals surface area contributed by atoms with Gasteiger partial charge in [-0.15, -0.1) is 0 Å². The maximum absolute atomic E-state index is 5.94. The summed E-state index contributed by atoms with van der Waals surface area (Å²) in [5.74, 6) is 0. The molecule has 0 aromatic carbocycles. The Bertz CT molecular complexity index is 89.6. The van der Waals surface area contributed by atoms with E-state index >= 15 is 0 Å². The molecule has 0 heterocycles. The molecule has 1 unspecified atom stereocenters. The molecule has 0 spiro atoms. The molecule has 1 atom stereocenters. The van der Waals surface area contributed by atoms with Gasteiger partial charge in [0.1, 0.15) is 0 Å². The molecule has 3 heteroatoms. The Morgan fingerprint density at radius 3 is 2.10 bits per heavy atom. The summed E-state index contributed by atoms with van der Waals surface area (Å²) in [7, 11) is -0.795. The summed E-state index contributed by atoms with van der Waals surface area (Å²) >= 11 is 0. The Labute approximate surface area is 68.7 Å².